The quantitative estimate of drug-likeness (QED) is 0.306. The van der Waals surface area contributed by atoms with Gasteiger partial charge in [0.25, 0.3) is 23.1 Å². The molecule has 0 aliphatic carbocycles. The fourth-order valence-corrected chi connectivity index (χ4v) is 4.97. The van der Waals surface area contributed by atoms with Crippen molar-refractivity contribution >= 4 is 56.7 Å². The molecule has 1 aromatic heterocycles. The predicted molar refractivity (Wildman–Crippen MR) is 125 cm³/mol. The van der Waals surface area contributed by atoms with Crippen molar-refractivity contribution in [3.05, 3.63) is 77.9 Å². The third-order valence-corrected chi connectivity index (χ3v) is 6.66. The Morgan fingerprint density at radius 2 is 1.56 bits per heavy atom. The van der Waals surface area contributed by atoms with Crippen molar-refractivity contribution in [3.8, 4) is 0 Å². The molecule has 9 nitrogen and oxygen atoms in total. The Bertz CT molecular complexity index is 1460. The van der Waals surface area contributed by atoms with Crippen LogP contribution in [-0.2, 0) is 16.1 Å². The zero-order valence-corrected chi connectivity index (χ0v) is 18.4. The van der Waals surface area contributed by atoms with E-state index in [0.29, 0.717) is 16.6 Å². The minimum Gasteiger partial charge on any atom is -0.480 e. The average Bonchev–Trinajstić information content (AvgIpc) is 3.31. The summed E-state index contributed by atoms with van der Waals surface area (Å²) >= 11 is -2.70. The molecule has 5 rings (SSSR count). The van der Waals surface area contributed by atoms with Crippen molar-refractivity contribution in [2.75, 3.05) is 10.8 Å². The van der Waals surface area contributed by atoms with Gasteiger partial charge in [-0.2, -0.15) is 0 Å². The van der Waals surface area contributed by atoms with E-state index in [2.05, 4.69) is 0 Å². The van der Waals surface area contributed by atoms with Gasteiger partial charge >= 0.3 is 5.97 Å². The molecule has 172 valence electrons. The van der Waals surface area contributed by atoms with Crippen LogP contribution in [0.4, 0.5) is 5.69 Å². The van der Waals surface area contributed by atoms with Gasteiger partial charge in [-0.1, -0.05) is 30.3 Å². The first-order valence-corrected chi connectivity index (χ1v) is 11.4. The Balaban J connectivity index is 1.46. The van der Waals surface area contributed by atoms with Crippen molar-refractivity contribution in [2.45, 2.75) is 12.5 Å². The molecule has 2 amide bonds. The second-order valence-electron chi connectivity index (χ2n) is 7.79. The molecule has 1 aliphatic heterocycles. The molecule has 10 heteroatoms. The van der Waals surface area contributed by atoms with Crippen LogP contribution >= 0.6 is 0 Å². The molecule has 3 aromatic carbocycles. The van der Waals surface area contributed by atoms with Crippen molar-refractivity contribution in [3.63, 3.8) is 0 Å². The van der Waals surface area contributed by atoms with E-state index in [9.17, 15) is 28.3 Å². The molecule has 2 N–H and O–H groups in total. The van der Waals surface area contributed by atoms with Crippen LogP contribution in [0.3, 0.4) is 0 Å². The standard InChI is InChI=1S/C24H18N2O7S/c27-22-16-6-1-2-7-17(16)23(28)25(22)12-11-19(24(29)30)26(34(31)32)14-9-10-21-18(13-14)15-5-3-4-8-20(15)33-21/h1-10,13,19H,11-12H2,(H,29,30)(H,31,32). The molecule has 2 atom stereocenters. The van der Waals surface area contributed by atoms with Gasteiger partial charge in [-0.3, -0.25) is 23.3 Å². The largest absolute Gasteiger partial charge is 0.480 e. The minimum atomic E-state index is -2.70. The number of carboxylic acids is 1. The minimum absolute atomic E-state index is 0.189. The van der Waals surface area contributed by atoms with Gasteiger partial charge in [-0.15, -0.1) is 0 Å². The summed E-state index contributed by atoms with van der Waals surface area (Å²) in [6, 6.07) is 16.8. The number of hydrogen-bond acceptors (Lipinski definition) is 5. The highest BCUT2D eigenvalue weighted by molar-refractivity contribution is 7.80. The summed E-state index contributed by atoms with van der Waals surface area (Å²) in [6.45, 7) is -0.228. The smallest absolute Gasteiger partial charge is 0.327 e. The lowest BCUT2D eigenvalue weighted by Gasteiger charge is -2.28. The van der Waals surface area contributed by atoms with Gasteiger partial charge in [-0.25, -0.2) is 9.00 Å². The van der Waals surface area contributed by atoms with E-state index >= 15 is 0 Å². The summed E-state index contributed by atoms with van der Waals surface area (Å²) in [7, 11) is 0. The van der Waals surface area contributed by atoms with Crippen LogP contribution in [0.2, 0.25) is 0 Å². The predicted octanol–water partition coefficient (Wildman–Crippen LogP) is 3.67. The zero-order chi connectivity index (χ0) is 24.0. The molecule has 1 aliphatic rings. The molecule has 0 saturated heterocycles. The normalized spacial score (nSPS) is 15.0. The Hall–Kier alpha value is -4.02. The lowest BCUT2D eigenvalue weighted by molar-refractivity contribution is -0.138. The van der Waals surface area contributed by atoms with Crippen molar-refractivity contribution in [1.29, 1.82) is 0 Å². The van der Waals surface area contributed by atoms with Crippen LogP contribution < -0.4 is 4.31 Å². The van der Waals surface area contributed by atoms with Gasteiger partial charge in [0.1, 0.15) is 17.2 Å². The van der Waals surface area contributed by atoms with Gasteiger partial charge in [0.15, 0.2) is 0 Å². The Kier molecular flexibility index (Phi) is 5.39. The number of fused-ring (bicyclic) bond motifs is 4. The number of aliphatic carboxylic acids is 1. The first kappa shape index (κ1) is 21.8. The zero-order valence-electron chi connectivity index (χ0n) is 17.6. The average molecular weight is 478 g/mol. The monoisotopic (exact) mass is 478 g/mol. The molecule has 0 spiro atoms. The van der Waals surface area contributed by atoms with Crippen LogP contribution in [0.5, 0.6) is 0 Å². The van der Waals surface area contributed by atoms with Gasteiger partial charge < -0.3 is 9.52 Å². The third-order valence-electron chi connectivity index (χ3n) is 5.86. The molecular formula is C24H18N2O7S. The van der Waals surface area contributed by atoms with E-state index in [4.69, 9.17) is 4.42 Å². The first-order valence-electron chi connectivity index (χ1n) is 10.4. The van der Waals surface area contributed by atoms with Gasteiger partial charge in [0.05, 0.1) is 16.8 Å². The third kappa shape index (κ3) is 3.53. The number of carbonyl (C=O) groups is 3. The number of carbonyl (C=O) groups excluding carboxylic acids is 2. The molecular weight excluding hydrogens is 460 g/mol. The Labute approximate surface area is 195 Å². The Morgan fingerprint density at radius 1 is 0.941 bits per heavy atom. The SMILES string of the molecule is O=C(O)C(CCN1C(=O)c2ccccc2C1=O)N(c1ccc2oc3ccccc3c2c1)S(=O)O. The fourth-order valence-electron chi connectivity index (χ4n) is 4.26. The van der Waals surface area contributed by atoms with Gasteiger partial charge in [0.2, 0.25) is 0 Å². The summed E-state index contributed by atoms with van der Waals surface area (Å²) in [6.07, 6.45) is -0.253. The van der Waals surface area contributed by atoms with E-state index in [1.165, 1.54) is 18.2 Å². The highest BCUT2D eigenvalue weighted by Crippen LogP contribution is 2.33. The van der Waals surface area contributed by atoms with Crippen molar-refractivity contribution in [1.82, 2.24) is 4.90 Å². The second-order valence-corrected chi connectivity index (χ2v) is 8.64. The number of amides is 2. The van der Waals surface area contributed by atoms with E-state index in [1.54, 1.807) is 30.3 Å². The molecule has 0 fully saturated rings. The van der Waals surface area contributed by atoms with Crippen LogP contribution in [0.25, 0.3) is 21.9 Å². The molecule has 0 saturated carbocycles. The summed E-state index contributed by atoms with van der Waals surface area (Å²) < 4.78 is 28.9. The lowest BCUT2D eigenvalue weighted by Crippen LogP contribution is -2.45. The summed E-state index contributed by atoms with van der Waals surface area (Å²) in [4.78, 5) is 38.4. The number of carboxylic acid groups (broad SMARTS) is 1. The fraction of sp³-hybridized carbons (Fsp3) is 0.125. The molecule has 0 radical (unpaired) electrons. The number of para-hydroxylation sites is 1. The van der Waals surface area contributed by atoms with Crippen molar-refractivity contribution in [2.24, 2.45) is 0 Å². The lowest BCUT2D eigenvalue weighted by atomic mass is 10.1. The number of hydrogen-bond donors (Lipinski definition) is 2. The number of furan rings is 1. The van der Waals surface area contributed by atoms with Crippen LogP contribution in [0.1, 0.15) is 27.1 Å². The highest BCUT2D eigenvalue weighted by atomic mass is 32.2. The summed E-state index contributed by atoms with van der Waals surface area (Å²) in [5.41, 5.74) is 1.87. The van der Waals surface area contributed by atoms with Crippen LogP contribution in [0, 0.1) is 0 Å². The summed E-state index contributed by atoms with van der Waals surface area (Å²) in [5, 5.41) is 11.3. The number of nitrogens with zero attached hydrogens (tertiary/aromatic N) is 2. The Morgan fingerprint density at radius 3 is 2.21 bits per heavy atom. The molecule has 2 unspecified atom stereocenters. The molecule has 34 heavy (non-hydrogen) atoms. The maximum Gasteiger partial charge on any atom is 0.327 e. The summed E-state index contributed by atoms with van der Waals surface area (Å²) in [5.74, 6) is -2.41. The number of anilines is 1. The van der Waals surface area contributed by atoms with Crippen molar-refractivity contribution < 1.29 is 32.7 Å². The number of imide groups is 1. The second kappa shape index (κ2) is 8.40. The molecule has 4 aromatic rings. The van der Waals surface area contributed by atoms with Crippen LogP contribution in [-0.4, -0.2) is 49.1 Å². The topological polar surface area (TPSA) is 128 Å². The van der Waals surface area contributed by atoms with E-state index in [-0.39, 0.29) is 29.8 Å². The highest BCUT2D eigenvalue weighted by Gasteiger charge is 2.37. The van der Waals surface area contributed by atoms with Gasteiger partial charge in [0, 0.05) is 17.3 Å². The maximum absolute atomic E-state index is 12.6. The van der Waals surface area contributed by atoms with E-state index < -0.39 is 35.1 Å². The van der Waals surface area contributed by atoms with E-state index in [0.717, 1.165) is 14.6 Å². The van der Waals surface area contributed by atoms with Gasteiger partial charge in [-0.05, 0) is 42.8 Å². The van der Waals surface area contributed by atoms with Crippen LogP contribution in [0.15, 0.2) is 71.1 Å². The number of benzene rings is 3. The number of rotatable bonds is 7. The molecule has 0 bridgehead atoms. The molecule has 2 heterocycles. The maximum atomic E-state index is 12.6. The first-order chi connectivity index (χ1) is 16.4. The van der Waals surface area contributed by atoms with E-state index in [1.807, 2.05) is 18.2 Å².